The van der Waals surface area contributed by atoms with Crippen LogP contribution in [-0.4, -0.2) is 39.0 Å². The summed E-state index contributed by atoms with van der Waals surface area (Å²) < 4.78 is 5.20. The van der Waals surface area contributed by atoms with E-state index in [2.05, 4.69) is 10.2 Å². The SMILES string of the molecule is CNC[C@@H](O)[C@H](c1ccccc1)N(C)c1ccc(OC)cc1. The first-order valence-corrected chi connectivity index (χ1v) is 7.42. The lowest BCUT2D eigenvalue weighted by Gasteiger charge is -2.34. The number of anilines is 1. The summed E-state index contributed by atoms with van der Waals surface area (Å²) >= 11 is 0. The molecule has 2 aromatic carbocycles. The second kappa shape index (κ2) is 7.82. The third-order valence-electron chi connectivity index (χ3n) is 3.82. The van der Waals surface area contributed by atoms with E-state index in [1.807, 2.05) is 68.7 Å². The van der Waals surface area contributed by atoms with E-state index in [0.717, 1.165) is 17.0 Å². The molecule has 0 aliphatic heterocycles. The Bertz CT molecular complexity index is 557. The van der Waals surface area contributed by atoms with Gasteiger partial charge in [0.2, 0.25) is 0 Å². The Labute approximate surface area is 132 Å². The van der Waals surface area contributed by atoms with E-state index in [1.165, 1.54) is 0 Å². The molecular formula is C18H24N2O2. The number of hydrogen-bond acceptors (Lipinski definition) is 4. The summed E-state index contributed by atoms with van der Waals surface area (Å²) in [5.74, 6) is 0.823. The van der Waals surface area contributed by atoms with E-state index in [1.54, 1.807) is 7.11 Å². The second-order valence-corrected chi connectivity index (χ2v) is 5.29. The summed E-state index contributed by atoms with van der Waals surface area (Å²) in [6.45, 7) is 0.528. The maximum absolute atomic E-state index is 10.6. The highest BCUT2D eigenvalue weighted by atomic mass is 16.5. The van der Waals surface area contributed by atoms with E-state index in [0.29, 0.717) is 6.54 Å². The molecule has 0 heterocycles. The molecule has 4 heteroatoms. The van der Waals surface area contributed by atoms with Crippen molar-refractivity contribution in [1.29, 1.82) is 0 Å². The molecule has 0 saturated carbocycles. The van der Waals surface area contributed by atoms with Crippen molar-refractivity contribution in [2.75, 3.05) is 32.6 Å². The molecule has 22 heavy (non-hydrogen) atoms. The zero-order valence-electron chi connectivity index (χ0n) is 13.4. The molecule has 0 unspecified atom stereocenters. The van der Waals surface area contributed by atoms with Gasteiger partial charge in [-0.05, 0) is 36.9 Å². The van der Waals surface area contributed by atoms with Crippen molar-refractivity contribution in [2.45, 2.75) is 12.1 Å². The molecule has 0 fully saturated rings. The average molecular weight is 300 g/mol. The molecule has 0 radical (unpaired) electrons. The summed E-state index contributed by atoms with van der Waals surface area (Å²) in [6, 6.07) is 17.8. The van der Waals surface area contributed by atoms with Crippen LogP contribution in [0.1, 0.15) is 11.6 Å². The number of nitrogens with zero attached hydrogens (tertiary/aromatic N) is 1. The minimum Gasteiger partial charge on any atom is -0.497 e. The number of methoxy groups -OCH3 is 1. The van der Waals surface area contributed by atoms with Gasteiger partial charge < -0.3 is 20.1 Å². The van der Waals surface area contributed by atoms with Crippen molar-refractivity contribution in [3.05, 3.63) is 60.2 Å². The smallest absolute Gasteiger partial charge is 0.119 e. The molecule has 4 nitrogen and oxygen atoms in total. The van der Waals surface area contributed by atoms with Crippen LogP contribution in [0.2, 0.25) is 0 Å². The van der Waals surface area contributed by atoms with Crippen molar-refractivity contribution >= 4 is 5.69 Å². The van der Waals surface area contributed by atoms with Crippen LogP contribution in [-0.2, 0) is 0 Å². The van der Waals surface area contributed by atoms with Crippen molar-refractivity contribution in [1.82, 2.24) is 5.32 Å². The van der Waals surface area contributed by atoms with Crippen molar-refractivity contribution < 1.29 is 9.84 Å². The van der Waals surface area contributed by atoms with Crippen LogP contribution in [0.3, 0.4) is 0 Å². The molecule has 0 saturated heterocycles. The van der Waals surface area contributed by atoms with E-state index in [-0.39, 0.29) is 6.04 Å². The number of benzene rings is 2. The minimum absolute atomic E-state index is 0.123. The molecule has 0 bridgehead atoms. The summed E-state index contributed by atoms with van der Waals surface area (Å²) in [4.78, 5) is 2.09. The van der Waals surface area contributed by atoms with Gasteiger partial charge in [-0.15, -0.1) is 0 Å². The number of hydrogen-bond donors (Lipinski definition) is 2. The normalized spacial score (nSPS) is 13.5. The standard InChI is InChI=1S/C18H24N2O2/c1-19-13-17(21)18(14-7-5-4-6-8-14)20(2)15-9-11-16(22-3)12-10-15/h4-12,17-19,21H,13H2,1-3H3/t17-,18+/m1/s1. The van der Waals surface area contributed by atoms with E-state index in [4.69, 9.17) is 4.74 Å². The molecule has 118 valence electrons. The number of aliphatic hydroxyl groups is 1. The largest absolute Gasteiger partial charge is 0.497 e. The first-order chi connectivity index (χ1) is 10.7. The van der Waals surface area contributed by atoms with Gasteiger partial charge in [-0.3, -0.25) is 0 Å². The lowest BCUT2D eigenvalue weighted by Crippen LogP contribution is -2.39. The zero-order chi connectivity index (χ0) is 15.9. The van der Waals surface area contributed by atoms with Crippen LogP contribution in [0.5, 0.6) is 5.75 Å². The number of rotatable bonds is 7. The second-order valence-electron chi connectivity index (χ2n) is 5.29. The molecule has 2 N–H and O–H groups in total. The maximum atomic E-state index is 10.6. The van der Waals surface area contributed by atoms with Crippen LogP contribution in [0.4, 0.5) is 5.69 Å². The van der Waals surface area contributed by atoms with Gasteiger partial charge in [0.25, 0.3) is 0 Å². The summed E-state index contributed by atoms with van der Waals surface area (Å²) in [6.07, 6.45) is -0.514. The van der Waals surface area contributed by atoms with E-state index >= 15 is 0 Å². The van der Waals surface area contributed by atoms with Crippen LogP contribution in [0, 0.1) is 0 Å². The van der Waals surface area contributed by atoms with Gasteiger partial charge in [0, 0.05) is 19.3 Å². The molecule has 0 aromatic heterocycles. The molecule has 0 amide bonds. The Hall–Kier alpha value is -2.04. The molecule has 0 aliphatic carbocycles. The Morgan fingerprint density at radius 3 is 2.27 bits per heavy atom. The van der Waals surface area contributed by atoms with Crippen LogP contribution in [0.25, 0.3) is 0 Å². The predicted octanol–water partition coefficient (Wildman–Crippen LogP) is 2.45. The van der Waals surface area contributed by atoms with Crippen LogP contribution < -0.4 is 15.0 Å². The van der Waals surface area contributed by atoms with Gasteiger partial charge >= 0.3 is 0 Å². The fraction of sp³-hybridized carbons (Fsp3) is 0.333. The number of aliphatic hydroxyl groups excluding tert-OH is 1. The molecule has 2 aromatic rings. The highest BCUT2D eigenvalue weighted by Crippen LogP contribution is 2.29. The van der Waals surface area contributed by atoms with Gasteiger partial charge in [-0.1, -0.05) is 30.3 Å². The summed E-state index contributed by atoms with van der Waals surface area (Å²) in [7, 11) is 5.50. The maximum Gasteiger partial charge on any atom is 0.119 e. The Morgan fingerprint density at radius 2 is 1.73 bits per heavy atom. The highest BCUT2D eigenvalue weighted by Gasteiger charge is 2.25. The van der Waals surface area contributed by atoms with Gasteiger partial charge in [-0.25, -0.2) is 0 Å². The third-order valence-corrected chi connectivity index (χ3v) is 3.82. The van der Waals surface area contributed by atoms with Gasteiger partial charge in [0.1, 0.15) is 5.75 Å². The van der Waals surface area contributed by atoms with E-state index in [9.17, 15) is 5.11 Å². The first kappa shape index (κ1) is 16.3. The summed E-state index contributed by atoms with van der Waals surface area (Å²) in [5.41, 5.74) is 2.12. The lowest BCUT2D eigenvalue weighted by atomic mass is 9.99. The quantitative estimate of drug-likeness (QED) is 0.824. The first-order valence-electron chi connectivity index (χ1n) is 7.42. The number of ether oxygens (including phenoxy) is 1. The molecule has 2 rings (SSSR count). The van der Waals surface area contributed by atoms with Crippen molar-refractivity contribution in [2.24, 2.45) is 0 Å². The number of nitrogens with one attached hydrogen (secondary N) is 1. The minimum atomic E-state index is -0.514. The van der Waals surface area contributed by atoms with Gasteiger partial charge in [-0.2, -0.15) is 0 Å². The fourth-order valence-electron chi connectivity index (χ4n) is 2.65. The average Bonchev–Trinajstić information content (AvgIpc) is 2.56. The Balaban J connectivity index is 2.30. The van der Waals surface area contributed by atoms with E-state index < -0.39 is 6.10 Å². The molecule has 0 aliphatic rings. The highest BCUT2D eigenvalue weighted by molar-refractivity contribution is 5.51. The van der Waals surface area contributed by atoms with Gasteiger partial charge in [0.15, 0.2) is 0 Å². The van der Waals surface area contributed by atoms with Crippen molar-refractivity contribution in [3.8, 4) is 5.75 Å². The third kappa shape index (κ3) is 3.78. The van der Waals surface area contributed by atoms with Crippen LogP contribution >= 0.6 is 0 Å². The van der Waals surface area contributed by atoms with Crippen molar-refractivity contribution in [3.63, 3.8) is 0 Å². The topological polar surface area (TPSA) is 44.7 Å². The van der Waals surface area contributed by atoms with Gasteiger partial charge in [0.05, 0.1) is 19.3 Å². The molecule has 2 atom stereocenters. The zero-order valence-corrected chi connectivity index (χ0v) is 13.4. The Morgan fingerprint density at radius 1 is 1.09 bits per heavy atom. The molecular weight excluding hydrogens is 276 g/mol. The predicted molar refractivity (Wildman–Crippen MR) is 90.5 cm³/mol. The fourth-order valence-corrected chi connectivity index (χ4v) is 2.65. The lowest BCUT2D eigenvalue weighted by molar-refractivity contribution is 0.142. The summed E-state index contributed by atoms with van der Waals surface area (Å²) in [5, 5.41) is 13.6. The monoisotopic (exact) mass is 300 g/mol. The van der Waals surface area contributed by atoms with Crippen LogP contribution in [0.15, 0.2) is 54.6 Å². The Kier molecular flexibility index (Phi) is 5.81. The number of likely N-dealkylation sites (N-methyl/N-ethyl adjacent to an activating group) is 2. The molecule has 0 spiro atoms.